The molecule has 0 spiro atoms. The van der Waals surface area contributed by atoms with Gasteiger partial charge >= 0.3 is 5.97 Å². The first-order chi connectivity index (χ1) is 17.2. The summed E-state index contributed by atoms with van der Waals surface area (Å²) in [6.45, 7) is 4.56. The fourth-order valence-electron chi connectivity index (χ4n) is 6.06. The molecule has 2 aliphatic carbocycles. The number of ether oxygens (including phenoxy) is 1. The summed E-state index contributed by atoms with van der Waals surface area (Å²) >= 11 is 0. The van der Waals surface area contributed by atoms with Gasteiger partial charge in [0.25, 0.3) is 0 Å². The summed E-state index contributed by atoms with van der Waals surface area (Å²) in [4.78, 5) is 12.7. The van der Waals surface area contributed by atoms with Crippen LogP contribution in [0.25, 0.3) is 5.57 Å². The van der Waals surface area contributed by atoms with E-state index in [2.05, 4.69) is 32.1 Å². The van der Waals surface area contributed by atoms with Gasteiger partial charge in [-0.05, 0) is 80.1 Å². The van der Waals surface area contributed by atoms with Crippen LogP contribution < -0.4 is 0 Å². The molecule has 1 atom stereocenters. The fourth-order valence-corrected chi connectivity index (χ4v) is 6.06. The first-order valence-corrected chi connectivity index (χ1v) is 15.2. The second kappa shape index (κ2) is 16.2. The van der Waals surface area contributed by atoms with Crippen molar-refractivity contribution in [2.45, 2.75) is 142 Å². The highest BCUT2D eigenvalue weighted by Gasteiger charge is 2.24. The Hall–Kier alpha value is -1.57. The summed E-state index contributed by atoms with van der Waals surface area (Å²) in [6.07, 6.45) is 27.3. The van der Waals surface area contributed by atoms with Crippen LogP contribution in [0.2, 0.25) is 0 Å². The summed E-state index contributed by atoms with van der Waals surface area (Å²) in [6, 6.07) is 8.20. The Bertz CT molecular complexity index is 739. The number of hydrogen-bond donors (Lipinski definition) is 0. The van der Waals surface area contributed by atoms with E-state index in [4.69, 9.17) is 4.74 Å². The molecule has 3 rings (SSSR count). The van der Waals surface area contributed by atoms with Gasteiger partial charge in [0, 0.05) is 0 Å². The van der Waals surface area contributed by atoms with Crippen LogP contribution in [0, 0.1) is 11.8 Å². The van der Waals surface area contributed by atoms with Crippen LogP contribution in [-0.4, -0.2) is 12.1 Å². The standard InChI is InChI=1S/C33H52O2/c1-3-5-7-9-10-12-14-28-17-25-32(26-18-28)35-33(34)31-23-21-30(22-24-31)29-19-15-27(16-20-29)13-11-8-6-4-2/h19,21-24,27-28,32H,3-18,20,25-26H2,1-2H3. The number of carbonyl (C=O) groups excluding carboxylic acids is 1. The second-order valence-electron chi connectivity index (χ2n) is 11.4. The number of carbonyl (C=O) groups is 1. The first kappa shape index (κ1) is 28.0. The van der Waals surface area contributed by atoms with E-state index in [1.807, 2.05) is 12.1 Å². The minimum Gasteiger partial charge on any atom is -0.459 e. The molecule has 2 heteroatoms. The van der Waals surface area contributed by atoms with Gasteiger partial charge in [0.1, 0.15) is 6.10 Å². The van der Waals surface area contributed by atoms with Crippen LogP contribution in [0.4, 0.5) is 0 Å². The Labute approximate surface area is 216 Å². The average Bonchev–Trinajstić information content (AvgIpc) is 2.90. The van der Waals surface area contributed by atoms with Crippen LogP contribution in [0.5, 0.6) is 0 Å². The zero-order valence-electron chi connectivity index (χ0n) is 22.9. The summed E-state index contributed by atoms with van der Waals surface area (Å²) in [7, 11) is 0. The van der Waals surface area contributed by atoms with Crippen molar-refractivity contribution < 1.29 is 9.53 Å². The molecule has 0 amide bonds. The van der Waals surface area contributed by atoms with E-state index in [1.54, 1.807) is 0 Å². The molecular weight excluding hydrogens is 428 g/mol. The van der Waals surface area contributed by atoms with E-state index in [9.17, 15) is 4.79 Å². The van der Waals surface area contributed by atoms with Gasteiger partial charge in [0.15, 0.2) is 0 Å². The normalized spacial score (nSPS) is 22.6. The van der Waals surface area contributed by atoms with Crippen LogP contribution in [0.1, 0.15) is 152 Å². The Kier molecular flexibility index (Phi) is 13.0. The first-order valence-electron chi connectivity index (χ1n) is 15.2. The predicted molar refractivity (Wildman–Crippen MR) is 150 cm³/mol. The minimum absolute atomic E-state index is 0.110. The van der Waals surface area contributed by atoms with Crippen LogP contribution >= 0.6 is 0 Å². The molecule has 0 radical (unpaired) electrons. The van der Waals surface area contributed by atoms with E-state index in [-0.39, 0.29) is 12.1 Å². The highest BCUT2D eigenvalue weighted by Crippen LogP contribution is 2.33. The third-order valence-corrected chi connectivity index (χ3v) is 8.51. The molecule has 1 aromatic rings. The Morgan fingerprint density at radius 3 is 1.97 bits per heavy atom. The zero-order valence-corrected chi connectivity index (χ0v) is 22.9. The quantitative estimate of drug-likeness (QED) is 0.184. The lowest BCUT2D eigenvalue weighted by Crippen LogP contribution is -2.24. The maximum Gasteiger partial charge on any atom is 0.338 e. The summed E-state index contributed by atoms with van der Waals surface area (Å²) < 4.78 is 5.90. The number of esters is 1. The molecule has 0 bridgehead atoms. The highest BCUT2D eigenvalue weighted by atomic mass is 16.5. The summed E-state index contributed by atoms with van der Waals surface area (Å²) in [5, 5.41) is 0. The van der Waals surface area contributed by atoms with Crippen molar-refractivity contribution >= 4 is 11.5 Å². The lowest BCUT2D eigenvalue weighted by molar-refractivity contribution is 0.0161. The van der Waals surface area contributed by atoms with Gasteiger partial charge in [0.05, 0.1) is 5.56 Å². The summed E-state index contributed by atoms with van der Waals surface area (Å²) in [5.41, 5.74) is 3.44. The maximum absolute atomic E-state index is 12.7. The lowest BCUT2D eigenvalue weighted by Gasteiger charge is -2.28. The van der Waals surface area contributed by atoms with E-state index in [0.29, 0.717) is 5.56 Å². The molecule has 0 N–H and O–H groups in total. The third kappa shape index (κ3) is 10.1. The summed E-state index contributed by atoms with van der Waals surface area (Å²) in [5.74, 6) is 1.57. The van der Waals surface area contributed by atoms with Crippen LogP contribution in [0.15, 0.2) is 30.3 Å². The van der Waals surface area contributed by atoms with Crippen LogP contribution in [-0.2, 0) is 4.74 Å². The van der Waals surface area contributed by atoms with Gasteiger partial charge in [-0.2, -0.15) is 0 Å². The lowest BCUT2D eigenvalue weighted by atomic mass is 9.83. The molecule has 1 unspecified atom stereocenters. The molecular formula is C33H52O2. The van der Waals surface area contributed by atoms with Gasteiger partial charge < -0.3 is 4.74 Å². The average molecular weight is 481 g/mol. The molecule has 1 saturated carbocycles. The van der Waals surface area contributed by atoms with E-state index < -0.39 is 0 Å². The van der Waals surface area contributed by atoms with Crippen molar-refractivity contribution in [3.8, 4) is 0 Å². The van der Waals surface area contributed by atoms with Gasteiger partial charge in [-0.15, -0.1) is 0 Å². The molecule has 1 aromatic carbocycles. The van der Waals surface area contributed by atoms with Crippen molar-refractivity contribution in [1.82, 2.24) is 0 Å². The van der Waals surface area contributed by atoms with Crippen molar-refractivity contribution in [2.75, 3.05) is 0 Å². The molecule has 0 saturated heterocycles. The topological polar surface area (TPSA) is 26.3 Å². The molecule has 1 fully saturated rings. The van der Waals surface area contributed by atoms with Crippen molar-refractivity contribution in [3.63, 3.8) is 0 Å². The van der Waals surface area contributed by atoms with E-state index in [1.165, 1.54) is 120 Å². The Balaban J connectivity index is 1.34. The zero-order chi connectivity index (χ0) is 24.7. The predicted octanol–water partition coefficient (Wildman–Crippen LogP) is 10.3. The Morgan fingerprint density at radius 1 is 0.743 bits per heavy atom. The third-order valence-electron chi connectivity index (χ3n) is 8.51. The largest absolute Gasteiger partial charge is 0.459 e. The van der Waals surface area contributed by atoms with Crippen molar-refractivity contribution in [1.29, 1.82) is 0 Å². The molecule has 0 aliphatic heterocycles. The number of rotatable bonds is 15. The molecule has 2 aliphatic rings. The monoisotopic (exact) mass is 480 g/mol. The number of hydrogen-bond acceptors (Lipinski definition) is 2. The van der Waals surface area contributed by atoms with Crippen LogP contribution in [0.3, 0.4) is 0 Å². The van der Waals surface area contributed by atoms with Gasteiger partial charge in [0.2, 0.25) is 0 Å². The van der Waals surface area contributed by atoms with Gasteiger partial charge in [-0.25, -0.2) is 4.79 Å². The van der Waals surface area contributed by atoms with Crippen molar-refractivity contribution in [3.05, 3.63) is 41.5 Å². The molecule has 196 valence electrons. The van der Waals surface area contributed by atoms with E-state index >= 15 is 0 Å². The molecule has 0 aromatic heterocycles. The van der Waals surface area contributed by atoms with Crippen molar-refractivity contribution in [2.24, 2.45) is 11.8 Å². The van der Waals surface area contributed by atoms with Gasteiger partial charge in [-0.3, -0.25) is 0 Å². The number of allylic oxidation sites excluding steroid dienone is 2. The van der Waals surface area contributed by atoms with E-state index in [0.717, 1.165) is 24.7 Å². The fraction of sp³-hybridized carbons (Fsp3) is 0.727. The highest BCUT2D eigenvalue weighted by molar-refractivity contribution is 5.90. The number of unbranched alkanes of at least 4 members (excludes halogenated alkanes) is 8. The SMILES string of the molecule is CCCCCCCCC1CCC(OC(=O)c2ccc(C3=CCC(CCCCCC)CC3)cc2)CC1. The number of benzene rings is 1. The van der Waals surface area contributed by atoms with Gasteiger partial charge in [-0.1, -0.05) is 109 Å². The smallest absolute Gasteiger partial charge is 0.338 e. The maximum atomic E-state index is 12.7. The molecule has 2 nitrogen and oxygen atoms in total. The minimum atomic E-state index is -0.138. The molecule has 0 heterocycles. The molecule has 35 heavy (non-hydrogen) atoms. The second-order valence-corrected chi connectivity index (χ2v) is 11.4. The Morgan fingerprint density at radius 2 is 1.34 bits per heavy atom.